The van der Waals surface area contributed by atoms with Gasteiger partial charge in [-0.05, 0) is 54.6 Å². The van der Waals surface area contributed by atoms with Gasteiger partial charge in [-0.2, -0.15) is 0 Å². The number of hydrogen-bond acceptors (Lipinski definition) is 3. The summed E-state index contributed by atoms with van der Waals surface area (Å²) in [4.78, 5) is 16.8. The highest BCUT2D eigenvalue weighted by Crippen LogP contribution is 2.50. The minimum absolute atomic E-state index is 0.539. The Morgan fingerprint density at radius 3 is 0.789 bits per heavy atom. The predicted molar refractivity (Wildman–Crippen MR) is 313 cm³/mol. The van der Waals surface area contributed by atoms with Crippen molar-refractivity contribution in [3.8, 4) is 56.9 Å². The highest BCUT2D eigenvalue weighted by Gasteiger charge is 2.33. The van der Waals surface area contributed by atoms with Crippen LogP contribution >= 0.6 is 0 Å². The largest absolute Gasteiger partial charge is 0.308 e. The van der Waals surface area contributed by atoms with Crippen LogP contribution in [0.1, 0.15) is 0 Å². The Morgan fingerprint density at radius 1 is 0.211 bits per heavy atom. The Kier molecular flexibility index (Phi) is 9.20. The lowest BCUT2D eigenvalue weighted by Gasteiger charge is -2.27. The van der Waals surface area contributed by atoms with Crippen molar-refractivity contribution in [2.24, 2.45) is 0 Å². The van der Waals surface area contributed by atoms with E-state index in [2.05, 4.69) is 267 Å². The first-order valence-electron chi connectivity index (χ1n) is 25.8. The van der Waals surface area contributed by atoms with Crippen LogP contribution in [0.5, 0.6) is 0 Å². The number of nitrogens with zero attached hydrogens (tertiary/aromatic N) is 7. The van der Waals surface area contributed by atoms with Crippen LogP contribution in [0.4, 0.5) is 0 Å². The number of benzene rings is 11. The molecule has 354 valence electrons. The zero-order chi connectivity index (χ0) is 49.8. The second-order valence-corrected chi connectivity index (χ2v) is 19.5. The molecule has 0 N–H and O–H groups in total. The van der Waals surface area contributed by atoms with Gasteiger partial charge in [0.05, 0.1) is 72.4 Å². The number of para-hydroxylation sites is 8. The molecule has 11 aromatic carbocycles. The molecule has 0 unspecified atom stereocenters. The molecular formula is C69H43N7. The minimum Gasteiger partial charge on any atom is -0.308 e. The lowest BCUT2D eigenvalue weighted by Crippen LogP contribution is -2.15. The Hall–Kier alpha value is -10.4. The van der Waals surface area contributed by atoms with Gasteiger partial charge >= 0.3 is 0 Å². The average Bonchev–Trinajstić information content (AvgIpc) is 4.23. The van der Waals surface area contributed by atoms with Gasteiger partial charge in [0.1, 0.15) is 0 Å². The minimum atomic E-state index is 0.539. The van der Waals surface area contributed by atoms with E-state index in [1.54, 1.807) is 0 Å². The van der Waals surface area contributed by atoms with E-state index in [0.717, 1.165) is 116 Å². The molecule has 0 radical (unpaired) electrons. The first kappa shape index (κ1) is 42.2. The van der Waals surface area contributed by atoms with Crippen molar-refractivity contribution in [3.63, 3.8) is 0 Å². The molecule has 5 aromatic heterocycles. The van der Waals surface area contributed by atoms with Crippen molar-refractivity contribution < 1.29 is 0 Å². The monoisotopic (exact) mass is 969 g/mol. The average molecular weight is 970 g/mol. The third-order valence-electron chi connectivity index (χ3n) is 15.4. The maximum absolute atomic E-state index is 5.74. The smallest absolute Gasteiger partial charge is 0.168 e. The van der Waals surface area contributed by atoms with Crippen LogP contribution in [0.15, 0.2) is 261 Å². The van der Waals surface area contributed by atoms with E-state index in [1.807, 2.05) is 12.1 Å². The first-order chi connectivity index (χ1) is 37.8. The van der Waals surface area contributed by atoms with Gasteiger partial charge in [-0.1, -0.05) is 206 Å². The summed E-state index contributed by atoms with van der Waals surface area (Å²) in [6.45, 7) is 0. The van der Waals surface area contributed by atoms with Gasteiger partial charge in [-0.15, -0.1) is 0 Å². The number of fused-ring (bicyclic) bond motifs is 12. The summed E-state index contributed by atoms with van der Waals surface area (Å²) in [5.41, 5.74) is 15.0. The molecule has 5 heterocycles. The summed E-state index contributed by atoms with van der Waals surface area (Å²) < 4.78 is 9.97. The Balaban J connectivity index is 1.24. The molecule has 0 aliphatic carbocycles. The molecule has 0 spiro atoms. The fourth-order valence-electron chi connectivity index (χ4n) is 12.2. The molecule has 0 aliphatic rings. The van der Waals surface area contributed by atoms with E-state index < -0.39 is 0 Å². The summed E-state index contributed by atoms with van der Waals surface area (Å²) >= 11 is 0. The van der Waals surface area contributed by atoms with E-state index in [-0.39, 0.29) is 0 Å². The Morgan fingerprint density at radius 2 is 0.461 bits per heavy atom. The van der Waals surface area contributed by atoms with Crippen molar-refractivity contribution in [2.75, 3.05) is 0 Å². The van der Waals surface area contributed by atoms with Gasteiger partial charge < -0.3 is 18.3 Å². The van der Waals surface area contributed by atoms with Gasteiger partial charge in [0, 0.05) is 54.2 Å². The summed E-state index contributed by atoms with van der Waals surface area (Å²) in [7, 11) is 0. The van der Waals surface area contributed by atoms with Gasteiger partial charge in [0.15, 0.2) is 17.5 Å². The number of rotatable bonds is 7. The highest BCUT2D eigenvalue weighted by atomic mass is 15.1. The van der Waals surface area contributed by atoms with Gasteiger partial charge in [0.2, 0.25) is 0 Å². The maximum Gasteiger partial charge on any atom is 0.168 e. The second-order valence-electron chi connectivity index (χ2n) is 19.5. The van der Waals surface area contributed by atoms with Crippen molar-refractivity contribution >= 4 is 87.2 Å². The summed E-state index contributed by atoms with van der Waals surface area (Å²) in [5.74, 6) is 1.70. The summed E-state index contributed by atoms with van der Waals surface area (Å²) in [6.07, 6.45) is 0. The fraction of sp³-hybridized carbons (Fsp3) is 0. The standard InChI is InChI=1S/C69H43N7/c1-3-23-44(24-4-1)67-70-68(45-25-5-2-6-26-45)72-69(71-67)64-62(73-54-35-15-7-27-46(54)47-28-8-16-36-55(47)73)43-63(74-56-37-17-9-29-48(56)49-30-10-18-38-57(49)74)65(75-58-39-19-11-31-50(58)51-32-12-20-40-59(51)75)66(64)76-60-41-21-13-33-52(60)53-34-14-22-42-61(53)76/h1-43H. The first-order valence-corrected chi connectivity index (χ1v) is 25.8. The highest BCUT2D eigenvalue weighted by molar-refractivity contribution is 6.16. The number of aromatic nitrogens is 7. The Labute approximate surface area is 436 Å². The molecular weight excluding hydrogens is 927 g/mol. The molecule has 0 atom stereocenters. The molecule has 0 aliphatic heterocycles. The van der Waals surface area contributed by atoms with Crippen LogP contribution in [0.25, 0.3) is 144 Å². The molecule has 0 saturated carbocycles. The molecule has 0 saturated heterocycles. The molecule has 0 fully saturated rings. The molecule has 16 rings (SSSR count). The van der Waals surface area contributed by atoms with Gasteiger partial charge in [0.25, 0.3) is 0 Å². The third-order valence-corrected chi connectivity index (χ3v) is 15.4. The van der Waals surface area contributed by atoms with Gasteiger partial charge in [-0.25, -0.2) is 15.0 Å². The van der Waals surface area contributed by atoms with Crippen molar-refractivity contribution in [2.45, 2.75) is 0 Å². The molecule has 0 bridgehead atoms. The van der Waals surface area contributed by atoms with E-state index in [1.165, 1.54) is 10.8 Å². The van der Waals surface area contributed by atoms with Crippen LogP contribution in [0.2, 0.25) is 0 Å². The predicted octanol–water partition coefficient (Wildman–Crippen LogP) is 17.3. The molecule has 76 heavy (non-hydrogen) atoms. The SMILES string of the molecule is c1ccc(-c2nc(-c3ccccc3)nc(-c3c(-n4c5ccccc5c5ccccc54)cc(-n4c5ccccc5c5ccccc54)c(-n4c5ccccc5c5ccccc54)c3-n3c4ccccc4c4ccccc43)n2)cc1. The quantitative estimate of drug-likeness (QED) is 0.160. The lowest BCUT2D eigenvalue weighted by molar-refractivity contribution is 1.02. The molecule has 7 nitrogen and oxygen atoms in total. The summed E-state index contributed by atoms with van der Waals surface area (Å²) in [5, 5.41) is 9.24. The normalized spacial score (nSPS) is 11.9. The van der Waals surface area contributed by atoms with Crippen LogP contribution in [-0.2, 0) is 0 Å². The third kappa shape index (κ3) is 6.14. The van der Waals surface area contributed by atoms with Crippen molar-refractivity contribution in [1.29, 1.82) is 0 Å². The van der Waals surface area contributed by atoms with Crippen LogP contribution in [-0.4, -0.2) is 33.2 Å². The van der Waals surface area contributed by atoms with Crippen LogP contribution < -0.4 is 0 Å². The zero-order valence-corrected chi connectivity index (χ0v) is 41.0. The molecule has 7 heteroatoms. The van der Waals surface area contributed by atoms with Gasteiger partial charge in [-0.3, -0.25) is 0 Å². The van der Waals surface area contributed by atoms with E-state index in [9.17, 15) is 0 Å². The zero-order valence-electron chi connectivity index (χ0n) is 41.0. The van der Waals surface area contributed by atoms with Crippen LogP contribution in [0, 0.1) is 0 Å². The Bertz CT molecular complexity index is 4730. The van der Waals surface area contributed by atoms with E-state index in [0.29, 0.717) is 17.5 Å². The van der Waals surface area contributed by atoms with E-state index >= 15 is 0 Å². The van der Waals surface area contributed by atoms with Crippen molar-refractivity contribution in [1.82, 2.24) is 33.2 Å². The maximum atomic E-state index is 5.74. The summed E-state index contributed by atoms with van der Waals surface area (Å²) in [6, 6.07) is 93.6. The topological polar surface area (TPSA) is 58.4 Å². The second kappa shape index (κ2) is 16.6. The van der Waals surface area contributed by atoms with Crippen LogP contribution in [0.3, 0.4) is 0 Å². The fourth-order valence-corrected chi connectivity index (χ4v) is 12.2. The lowest BCUT2D eigenvalue weighted by atomic mass is 10.0. The molecule has 16 aromatic rings. The van der Waals surface area contributed by atoms with E-state index in [4.69, 9.17) is 15.0 Å². The van der Waals surface area contributed by atoms with Crippen molar-refractivity contribution in [3.05, 3.63) is 261 Å². The number of hydrogen-bond donors (Lipinski definition) is 0. The molecule has 0 amide bonds.